The van der Waals surface area contributed by atoms with Gasteiger partial charge in [-0.2, -0.15) is 4.79 Å². The smallest absolute Gasteiger partial charge is 0.441 e. The Morgan fingerprint density at radius 1 is 1.32 bits per heavy atom. The van der Waals surface area contributed by atoms with Gasteiger partial charge < -0.3 is 10.3 Å². The maximum absolute atomic E-state index is 12.0. The first-order valence-corrected chi connectivity index (χ1v) is 7.37. The number of Topliss-reactive ketones (excluding diaryl/α,β-unsaturated/α-hetero) is 1. The molecule has 0 radical (unpaired) electrons. The van der Waals surface area contributed by atoms with Gasteiger partial charge in [-0.3, -0.25) is 9.69 Å². The van der Waals surface area contributed by atoms with Crippen LogP contribution in [0.5, 0.6) is 0 Å². The molecule has 1 aliphatic rings. The number of fused-ring (bicyclic) bond motifs is 1. The molecular weight excluding hydrogens is 282 g/mol. The largest absolute Gasteiger partial charge is 0.457 e. The highest BCUT2D eigenvalue weighted by molar-refractivity contribution is 6.62. The molecule has 22 heavy (non-hydrogen) atoms. The summed E-state index contributed by atoms with van der Waals surface area (Å²) in [6.07, 6.45) is 1.07. The van der Waals surface area contributed by atoms with Crippen LogP contribution in [0.1, 0.15) is 24.5 Å². The van der Waals surface area contributed by atoms with Crippen molar-refractivity contribution >= 4 is 17.5 Å². The molecule has 0 saturated carbocycles. The Bertz CT molecular complexity index is 621. The zero-order valence-electron chi connectivity index (χ0n) is 12.6. The molecule has 6 nitrogen and oxygen atoms in total. The van der Waals surface area contributed by atoms with E-state index in [0.29, 0.717) is 6.54 Å². The number of nitrogens with zero attached hydrogens (tertiary/aromatic N) is 3. The van der Waals surface area contributed by atoms with Gasteiger partial charge in [-0.15, -0.1) is 0 Å². The number of esters is 1. The fourth-order valence-corrected chi connectivity index (χ4v) is 2.53. The predicted octanol–water partition coefficient (Wildman–Crippen LogP) is 1.24. The quantitative estimate of drug-likeness (QED) is 0.260. The van der Waals surface area contributed by atoms with Gasteiger partial charge in [-0.1, -0.05) is 24.3 Å². The molecule has 0 aromatic heterocycles. The Morgan fingerprint density at radius 3 is 2.73 bits per heavy atom. The van der Waals surface area contributed by atoms with Gasteiger partial charge in [-0.25, -0.2) is 4.79 Å². The van der Waals surface area contributed by atoms with Crippen molar-refractivity contribution in [3.8, 4) is 0 Å². The highest BCUT2D eigenvalue weighted by Crippen LogP contribution is 2.18. The molecule has 1 heterocycles. The van der Waals surface area contributed by atoms with Crippen LogP contribution in [0.2, 0.25) is 0 Å². The molecule has 116 valence electrons. The highest BCUT2D eigenvalue weighted by atomic mass is 16.5. The fourth-order valence-electron chi connectivity index (χ4n) is 2.53. The van der Waals surface area contributed by atoms with E-state index in [1.165, 1.54) is 11.1 Å². The summed E-state index contributed by atoms with van der Waals surface area (Å²) in [6.45, 7) is 3.94. The first-order valence-electron chi connectivity index (χ1n) is 7.37. The van der Waals surface area contributed by atoms with Crippen LogP contribution >= 0.6 is 0 Å². The maximum atomic E-state index is 12.0. The molecule has 0 unspecified atom stereocenters. The van der Waals surface area contributed by atoms with Gasteiger partial charge in [-0.05, 0) is 24.5 Å². The van der Waals surface area contributed by atoms with E-state index in [2.05, 4.69) is 21.8 Å². The number of hydrogen-bond acceptors (Lipinski definition) is 4. The monoisotopic (exact) mass is 301 g/mol. The van der Waals surface area contributed by atoms with E-state index in [9.17, 15) is 9.59 Å². The highest BCUT2D eigenvalue weighted by Gasteiger charge is 2.31. The second kappa shape index (κ2) is 7.64. The summed E-state index contributed by atoms with van der Waals surface area (Å²) in [5, 5.41) is 0. The van der Waals surface area contributed by atoms with Crippen LogP contribution in [0, 0.1) is 0 Å². The van der Waals surface area contributed by atoms with E-state index in [4.69, 9.17) is 10.3 Å². The van der Waals surface area contributed by atoms with Gasteiger partial charge in [0.05, 0.1) is 6.61 Å². The third-order valence-corrected chi connectivity index (χ3v) is 3.70. The summed E-state index contributed by atoms with van der Waals surface area (Å²) in [6, 6.07) is 8.24. The molecule has 0 N–H and O–H groups in total. The summed E-state index contributed by atoms with van der Waals surface area (Å²) < 4.78 is 4.69. The van der Waals surface area contributed by atoms with E-state index >= 15 is 0 Å². The standard InChI is InChI=1S/C16H19N3O3/c1-2-22-16(21)15(18-17)14(20)8-10-19-9-7-12-5-3-4-6-13(12)11-19/h3-6H,2,7-11H2,1H3. The van der Waals surface area contributed by atoms with Crippen molar-refractivity contribution in [1.82, 2.24) is 4.90 Å². The average Bonchev–Trinajstić information content (AvgIpc) is 2.53. The van der Waals surface area contributed by atoms with Crippen molar-refractivity contribution in [2.75, 3.05) is 19.7 Å². The van der Waals surface area contributed by atoms with Crippen molar-refractivity contribution in [2.45, 2.75) is 26.3 Å². The molecule has 0 atom stereocenters. The normalized spacial score (nSPS) is 13.9. The summed E-state index contributed by atoms with van der Waals surface area (Å²) in [7, 11) is 0. The van der Waals surface area contributed by atoms with Crippen LogP contribution < -0.4 is 0 Å². The van der Waals surface area contributed by atoms with Crippen molar-refractivity contribution in [2.24, 2.45) is 0 Å². The number of carbonyl (C=O) groups is 2. The first-order chi connectivity index (χ1) is 10.7. The van der Waals surface area contributed by atoms with Crippen molar-refractivity contribution in [1.29, 1.82) is 0 Å². The van der Waals surface area contributed by atoms with Crippen LogP contribution in [0.15, 0.2) is 24.3 Å². The molecule has 2 rings (SSSR count). The van der Waals surface area contributed by atoms with Gasteiger partial charge in [0.15, 0.2) is 0 Å². The third-order valence-electron chi connectivity index (χ3n) is 3.70. The second-order valence-electron chi connectivity index (χ2n) is 5.14. The number of hydrogen-bond donors (Lipinski definition) is 0. The van der Waals surface area contributed by atoms with Gasteiger partial charge in [0.1, 0.15) is 0 Å². The first kappa shape index (κ1) is 16.1. The fraction of sp³-hybridized carbons (Fsp3) is 0.438. The van der Waals surface area contributed by atoms with Crippen LogP contribution in [0.3, 0.4) is 0 Å². The van der Waals surface area contributed by atoms with Crippen molar-refractivity contribution < 1.29 is 19.1 Å². The number of rotatable bonds is 6. The molecule has 6 heteroatoms. The number of benzene rings is 1. The Balaban J connectivity index is 1.90. The van der Waals surface area contributed by atoms with Gasteiger partial charge in [0.2, 0.25) is 0 Å². The maximum Gasteiger partial charge on any atom is 0.441 e. The van der Waals surface area contributed by atoms with Gasteiger partial charge in [0, 0.05) is 26.1 Å². The topological polar surface area (TPSA) is 83.0 Å². The predicted molar refractivity (Wildman–Crippen MR) is 80.3 cm³/mol. The molecular formula is C16H19N3O3. The zero-order chi connectivity index (χ0) is 15.9. The molecule has 0 spiro atoms. The van der Waals surface area contributed by atoms with E-state index in [1.807, 2.05) is 12.1 Å². The number of ketones is 1. The molecule has 0 saturated heterocycles. The Hall–Kier alpha value is -2.30. The van der Waals surface area contributed by atoms with Crippen LogP contribution in [0.4, 0.5) is 0 Å². The molecule has 1 aromatic carbocycles. The Labute approximate surface area is 129 Å². The molecule has 0 amide bonds. The third kappa shape index (κ3) is 3.87. The summed E-state index contributed by atoms with van der Waals surface area (Å²) >= 11 is 0. The van der Waals surface area contributed by atoms with Gasteiger partial charge in [0.25, 0.3) is 5.78 Å². The van der Waals surface area contributed by atoms with E-state index < -0.39 is 17.5 Å². The van der Waals surface area contributed by atoms with Crippen LogP contribution in [0.25, 0.3) is 5.53 Å². The summed E-state index contributed by atoms with van der Waals surface area (Å²) in [5.74, 6) is -1.38. The van der Waals surface area contributed by atoms with E-state index in [-0.39, 0.29) is 13.0 Å². The van der Waals surface area contributed by atoms with Crippen molar-refractivity contribution in [3.63, 3.8) is 0 Å². The van der Waals surface area contributed by atoms with E-state index in [0.717, 1.165) is 19.5 Å². The molecule has 1 aromatic rings. The lowest BCUT2D eigenvalue weighted by molar-refractivity contribution is -0.141. The van der Waals surface area contributed by atoms with Gasteiger partial charge >= 0.3 is 11.7 Å². The lowest BCUT2D eigenvalue weighted by atomic mass is 9.99. The summed E-state index contributed by atoms with van der Waals surface area (Å²) in [5.41, 5.74) is 10.9. The SMILES string of the molecule is CCOC(=O)C(=[N+]=[N-])C(=O)CCN1CCc2ccccc2C1. The molecule has 0 aliphatic carbocycles. The second-order valence-corrected chi connectivity index (χ2v) is 5.14. The lowest BCUT2D eigenvalue weighted by Gasteiger charge is -2.28. The Morgan fingerprint density at radius 2 is 2.05 bits per heavy atom. The molecule has 0 bridgehead atoms. The molecule has 1 aliphatic heterocycles. The minimum atomic E-state index is -0.876. The average molecular weight is 301 g/mol. The molecule has 0 fully saturated rings. The lowest BCUT2D eigenvalue weighted by Crippen LogP contribution is -2.35. The Kier molecular flexibility index (Phi) is 5.58. The van der Waals surface area contributed by atoms with E-state index in [1.54, 1.807) is 6.92 Å². The van der Waals surface area contributed by atoms with Crippen LogP contribution in [-0.4, -0.2) is 46.9 Å². The number of ether oxygens (including phenoxy) is 1. The zero-order valence-corrected chi connectivity index (χ0v) is 12.6. The van der Waals surface area contributed by atoms with Crippen LogP contribution in [-0.2, 0) is 27.3 Å². The minimum Gasteiger partial charge on any atom is -0.457 e. The van der Waals surface area contributed by atoms with Crippen molar-refractivity contribution in [3.05, 3.63) is 40.9 Å². The number of carbonyl (C=O) groups excluding carboxylic acids is 2. The minimum absolute atomic E-state index is 0.125. The summed E-state index contributed by atoms with van der Waals surface area (Å²) in [4.78, 5) is 28.4.